The second kappa shape index (κ2) is 6.02. The minimum atomic E-state index is -4.51. The maximum absolute atomic E-state index is 14.0. The summed E-state index contributed by atoms with van der Waals surface area (Å²) >= 11 is 0. The van der Waals surface area contributed by atoms with E-state index in [0.29, 0.717) is 11.8 Å². The molecule has 134 valence electrons. The van der Waals surface area contributed by atoms with Gasteiger partial charge in [-0.15, -0.1) is 0 Å². The molecule has 2 aromatic rings. The van der Waals surface area contributed by atoms with E-state index in [4.69, 9.17) is 0 Å². The summed E-state index contributed by atoms with van der Waals surface area (Å²) in [5, 5.41) is 2.36. The van der Waals surface area contributed by atoms with Gasteiger partial charge in [-0.1, -0.05) is 43.3 Å². The number of nitrogens with one attached hydrogen (secondary N) is 1. The quantitative estimate of drug-likeness (QED) is 0.891. The van der Waals surface area contributed by atoms with Crippen molar-refractivity contribution in [1.82, 2.24) is 10.4 Å². The number of carbonyl (C=O) groups excluding carboxylic acids is 1. The normalized spacial score (nSPS) is 19.2. The van der Waals surface area contributed by atoms with Crippen molar-refractivity contribution in [1.29, 1.82) is 0 Å². The predicted molar refractivity (Wildman–Crippen MR) is 90.8 cm³/mol. The van der Waals surface area contributed by atoms with Gasteiger partial charge in [-0.25, -0.2) is 5.01 Å². The summed E-state index contributed by atoms with van der Waals surface area (Å²) in [6, 6.07) is 8.71. The van der Waals surface area contributed by atoms with E-state index in [1.165, 1.54) is 0 Å². The van der Waals surface area contributed by atoms with Gasteiger partial charge in [0.2, 0.25) is 5.91 Å². The van der Waals surface area contributed by atoms with Gasteiger partial charge in [-0.3, -0.25) is 10.2 Å². The minimum absolute atomic E-state index is 0.000684. The lowest BCUT2D eigenvalue weighted by Crippen LogP contribution is -2.43. The number of fused-ring (bicyclic) bond motifs is 1. The summed E-state index contributed by atoms with van der Waals surface area (Å²) in [6.45, 7) is 5.21. The molecule has 0 aromatic heterocycles. The van der Waals surface area contributed by atoms with Crippen LogP contribution in [-0.4, -0.2) is 23.6 Å². The number of hydrogen-bond acceptors (Lipinski definition) is 2. The van der Waals surface area contributed by atoms with Gasteiger partial charge >= 0.3 is 6.18 Å². The predicted octanol–water partition coefficient (Wildman–Crippen LogP) is 4.38. The molecule has 1 fully saturated rings. The average molecular weight is 350 g/mol. The van der Waals surface area contributed by atoms with Crippen molar-refractivity contribution < 1.29 is 18.0 Å². The third kappa shape index (κ3) is 3.23. The molecule has 3 nitrogen and oxygen atoms in total. The van der Waals surface area contributed by atoms with Crippen LogP contribution in [0.15, 0.2) is 36.4 Å². The molecule has 0 saturated carbocycles. The standard InChI is InChI=1S/C19H21F3N2O/c1-4-12-9-13-7-5-6-8-14(13)15(10-12)16(19(20,21)22)24-11-18(2,3)17(25)23-24/h5-10,16H,4,11H2,1-3H3,(H,23,25). The van der Waals surface area contributed by atoms with Crippen LogP contribution in [-0.2, 0) is 11.2 Å². The number of halogens is 3. The summed E-state index contributed by atoms with van der Waals surface area (Å²) in [6.07, 6.45) is -3.87. The van der Waals surface area contributed by atoms with Crippen molar-refractivity contribution in [3.8, 4) is 0 Å². The Morgan fingerprint density at radius 3 is 2.48 bits per heavy atom. The van der Waals surface area contributed by atoms with Gasteiger partial charge in [-0.05, 0) is 42.2 Å². The Morgan fingerprint density at radius 2 is 1.92 bits per heavy atom. The lowest BCUT2D eigenvalue weighted by atomic mass is 9.92. The Morgan fingerprint density at radius 1 is 1.24 bits per heavy atom. The molecule has 1 aliphatic heterocycles. The van der Waals surface area contributed by atoms with Crippen LogP contribution in [0.3, 0.4) is 0 Å². The maximum atomic E-state index is 14.0. The maximum Gasteiger partial charge on any atom is 0.409 e. The second-order valence-electron chi connectivity index (χ2n) is 7.16. The van der Waals surface area contributed by atoms with Crippen LogP contribution in [0.25, 0.3) is 10.8 Å². The van der Waals surface area contributed by atoms with Crippen LogP contribution in [0, 0.1) is 5.41 Å². The zero-order valence-electron chi connectivity index (χ0n) is 14.4. The lowest BCUT2D eigenvalue weighted by molar-refractivity contribution is -0.191. The molecule has 1 saturated heterocycles. The number of amides is 1. The van der Waals surface area contributed by atoms with Crippen LogP contribution < -0.4 is 5.43 Å². The summed E-state index contributed by atoms with van der Waals surface area (Å²) < 4.78 is 42.0. The summed E-state index contributed by atoms with van der Waals surface area (Å²) in [5.74, 6) is -0.391. The highest BCUT2D eigenvalue weighted by molar-refractivity contribution is 5.87. The molecule has 1 amide bonds. The van der Waals surface area contributed by atoms with E-state index in [1.807, 2.05) is 25.1 Å². The largest absolute Gasteiger partial charge is 0.409 e. The highest BCUT2D eigenvalue weighted by Gasteiger charge is 2.51. The molecule has 0 radical (unpaired) electrons. The lowest BCUT2D eigenvalue weighted by Gasteiger charge is -2.31. The highest BCUT2D eigenvalue weighted by Crippen LogP contribution is 2.43. The molecule has 1 atom stereocenters. The van der Waals surface area contributed by atoms with Crippen molar-refractivity contribution in [2.45, 2.75) is 39.4 Å². The first-order valence-corrected chi connectivity index (χ1v) is 8.29. The van der Waals surface area contributed by atoms with Crippen LogP contribution in [0.2, 0.25) is 0 Å². The molecule has 0 aliphatic carbocycles. The Kier molecular flexibility index (Phi) is 4.27. The molecular weight excluding hydrogens is 329 g/mol. The van der Waals surface area contributed by atoms with Gasteiger partial charge in [0.1, 0.15) is 0 Å². The van der Waals surface area contributed by atoms with E-state index in [9.17, 15) is 18.0 Å². The minimum Gasteiger partial charge on any atom is -0.287 e. The Hall–Kier alpha value is -2.08. The molecular formula is C19H21F3N2O. The fourth-order valence-corrected chi connectivity index (χ4v) is 3.33. The fraction of sp³-hybridized carbons (Fsp3) is 0.421. The Labute approximate surface area is 144 Å². The molecule has 1 heterocycles. The van der Waals surface area contributed by atoms with Gasteiger partial charge in [-0.2, -0.15) is 13.2 Å². The molecule has 0 spiro atoms. The molecule has 0 bridgehead atoms. The number of alkyl halides is 3. The fourth-order valence-electron chi connectivity index (χ4n) is 3.33. The monoisotopic (exact) mass is 350 g/mol. The van der Waals surface area contributed by atoms with Crippen molar-refractivity contribution in [3.05, 3.63) is 47.5 Å². The smallest absolute Gasteiger partial charge is 0.287 e. The number of hydrogen-bond donors (Lipinski definition) is 1. The zero-order valence-corrected chi connectivity index (χ0v) is 14.4. The van der Waals surface area contributed by atoms with Crippen LogP contribution in [0.5, 0.6) is 0 Å². The Balaban J connectivity index is 2.18. The molecule has 25 heavy (non-hydrogen) atoms. The van der Waals surface area contributed by atoms with Crippen molar-refractivity contribution in [2.24, 2.45) is 5.41 Å². The zero-order chi connectivity index (χ0) is 18.4. The molecule has 2 aromatic carbocycles. The van der Waals surface area contributed by atoms with Crippen LogP contribution in [0.1, 0.15) is 37.9 Å². The number of carbonyl (C=O) groups is 1. The van der Waals surface area contributed by atoms with Gasteiger partial charge in [0.25, 0.3) is 0 Å². The SMILES string of the molecule is CCc1cc(C(N2CC(C)(C)C(=O)N2)C(F)(F)F)c2ccccc2c1. The van der Waals surface area contributed by atoms with Gasteiger partial charge in [0.05, 0.1) is 5.41 Å². The number of nitrogens with zero attached hydrogens (tertiary/aromatic N) is 1. The van der Waals surface area contributed by atoms with Crippen LogP contribution in [0.4, 0.5) is 13.2 Å². The third-order valence-electron chi connectivity index (χ3n) is 4.70. The van der Waals surface area contributed by atoms with E-state index in [0.717, 1.165) is 16.0 Å². The molecule has 1 aliphatic rings. The summed E-state index contributed by atoms with van der Waals surface area (Å²) in [4.78, 5) is 12.0. The van der Waals surface area contributed by atoms with Crippen molar-refractivity contribution in [3.63, 3.8) is 0 Å². The van der Waals surface area contributed by atoms with Crippen LogP contribution >= 0.6 is 0 Å². The number of rotatable bonds is 3. The number of aryl methyl sites for hydroxylation is 1. The first-order chi connectivity index (χ1) is 11.6. The third-order valence-corrected chi connectivity index (χ3v) is 4.70. The van der Waals surface area contributed by atoms with E-state index in [-0.39, 0.29) is 12.1 Å². The second-order valence-corrected chi connectivity index (χ2v) is 7.16. The number of benzene rings is 2. The first-order valence-electron chi connectivity index (χ1n) is 8.29. The van der Waals surface area contributed by atoms with E-state index < -0.39 is 23.5 Å². The first kappa shape index (κ1) is 17.7. The van der Waals surface area contributed by atoms with E-state index in [2.05, 4.69) is 5.43 Å². The van der Waals surface area contributed by atoms with Crippen molar-refractivity contribution in [2.75, 3.05) is 6.54 Å². The molecule has 3 rings (SSSR count). The average Bonchev–Trinajstić information content (AvgIpc) is 2.78. The highest BCUT2D eigenvalue weighted by atomic mass is 19.4. The van der Waals surface area contributed by atoms with E-state index >= 15 is 0 Å². The summed E-state index contributed by atoms with van der Waals surface area (Å²) in [5.41, 5.74) is 2.59. The molecule has 1 unspecified atom stereocenters. The Bertz CT molecular complexity index is 814. The van der Waals surface area contributed by atoms with Gasteiger partial charge in [0.15, 0.2) is 6.04 Å². The topological polar surface area (TPSA) is 32.3 Å². The molecule has 1 N–H and O–H groups in total. The van der Waals surface area contributed by atoms with E-state index in [1.54, 1.807) is 32.0 Å². The number of hydrazine groups is 1. The van der Waals surface area contributed by atoms with Gasteiger partial charge in [0, 0.05) is 6.54 Å². The van der Waals surface area contributed by atoms with Crippen molar-refractivity contribution >= 4 is 16.7 Å². The van der Waals surface area contributed by atoms with Gasteiger partial charge < -0.3 is 0 Å². The molecule has 6 heteroatoms. The summed E-state index contributed by atoms with van der Waals surface area (Å²) in [7, 11) is 0.